The van der Waals surface area contributed by atoms with Crippen molar-refractivity contribution in [3.8, 4) is 5.75 Å². The lowest BCUT2D eigenvalue weighted by atomic mass is 10.2. The van der Waals surface area contributed by atoms with Crippen molar-refractivity contribution in [3.05, 3.63) is 58.1 Å². The molecule has 0 fully saturated rings. The monoisotopic (exact) mass is 363 g/mol. The van der Waals surface area contributed by atoms with Crippen LogP contribution in [0.1, 0.15) is 15.9 Å². The summed E-state index contributed by atoms with van der Waals surface area (Å²) in [7, 11) is 1.62. The topological polar surface area (TPSA) is 47.6 Å². The molecule has 0 saturated heterocycles. The Morgan fingerprint density at radius 2 is 2.00 bits per heavy atom. The predicted octanol–water partition coefficient (Wildman–Crippen LogP) is 4.04. The lowest BCUT2D eigenvalue weighted by molar-refractivity contribution is 0.102. The molecule has 0 aliphatic rings. The maximum absolute atomic E-state index is 12.3. The Labute approximate surface area is 138 Å². The molecular formula is C17H18BrNO3. The number of hydrogen-bond donors (Lipinski definition) is 1. The van der Waals surface area contributed by atoms with Gasteiger partial charge in [-0.15, -0.1) is 0 Å². The number of ether oxygens (including phenoxy) is 2. The molecule has 0 aliphatic heterocycles. The molecule has 0 aromatic heterocycles. The third kappa shape index (κ3) is 4.58. The minimum absolute atomic E-state index is 0.158. The van der Waals surface area contributed by atoms with Crippen LogP contribution < -0.4 is 10.1 Å². The first-order valence-electron chi connectivity index (χ1n) is 6.89. The van der Waals surface area contributed by atoms with Crippen LogP contribution in [0.3, 0.4) is 0 Å². The number of anilines is 1. The fourth-order valence-electron chi connectivity index (χ4n) is 1.92. The van der Waals surface area contributed by atoms with Crippen LogP contribution in [0.2, 0.25) is 0 Å². The third-order valence-corrected chi connectivity index (χ3v) is 3.63. The normalized spacial score (nSPS) is 10.3. The summed E-state index contributed by atoms with van der Waals surface area (Å²) >= 11 is 3.42. The van der Waals surface area contributed by atoms with Gasteiger partial charge in [0.15, 0.2) is 0 Å². The van der Waals surface area contributed by atoms with Gasteiger partial charge in [-0.2, -0.15) is 0 Å². The van der Waals surface area contributed by atoms with E-state index in [0.717, 1.165) is 15.7 Å². The van der Waals surface area contributed by atoms with Gasteiger partial charge in [0.2, 0.25) is 0 Å². The van der Waals surface area contributed by atoms with E-state index < -0.39 is 0 Å². The second kappa shape index (κ2) is 7.96. The number of aryl methyl sites for hydroxylation is 1. The highest BCUT2D eigenvalue weighted by atomic mass is 79.9. The summed E-state index contributed by atoms with van der Waals surface area (Å²) in [5, 5.41) is 2.88. The summed E-state index contributed by atoms with van der Waals surface area (Å²) in [4.78, 5) is 12.3. The zero-order valence-electron chi connectivity index (χ0n) is 12.6. The Morgan fingerprint density at radius 3 is 2.68 bits per heavy atom. The summed E-state index contributed by atoms with van der Waals surface area (Å²) in [6.45, 7) is 2.96. The molecular weight excluding hydrogens is 346 g/mol. The molecule has 5 heteroatoms. The lowest BCUT2D eigenvalue weighted by Crippen LogP contribution is -2.12. The SMILES string of the molecule is COCCOc1ccc(C(=O)Nc2cccc(C)c2)cc1Br. The molecule has 0 heterocycles. The molecule has 116 valence electrons. The van der Waals surface area contributed by atoms with Crippen molar-refractivity contribution >= 4 is 27.5 Å². The van der Waals surface area contributed by atoms with Gasteiger partial charge >= 0.3 is 0 Å². The number of rotatable bonds is 6. The van der Waals surface area contributed by atoms with Crippen molar-refractivity contribution in [1.29, 1.82) is 0 Å². The Balaban J connectivity index is 2.05. The number of carbonyl (C=O) groups excluding carboxylic acids is 1. The molecule has 1 amide bonds. The Kier molecular flexibility index (Phi) is 5.98. The molecule has 0 atom stereocenters. The quantitative estimate of drug-likeness (QED) is 0.788. The van der Waals surface area contributed by atoms with Crippen molar-refractivity contribution in [3.63, 3.8) is 0 Å². The van der Waals surface area contributed by atoms with Crippen LogP contribution in [0, 0.1) is 6.92 Å². The first-order chi connectivity index (χ1) is 10.6. The van der Waals surface area contributed by atoms with Crippen molar-refractivity contribution < 1.29 is 14.3 Å². The van der Waals surface area contributed by atoms with Crippen LogP contribution in [0.15, 0.2) is 46.9 Å². The zero-order chi connectivity index (χ0) is 15.9. The minimum Gasteiger partial charge on any atom is -0.490 e. The Morgan fingerprint density at radius 1 is 1.18 bits per heavy atom. The number of nitrogens with one attached hydrogen (secondary N) is 1. The number of halogens is 1. The highest BCUT2D eigenvalue weighted by Gasteiger charge is 2.09. The average molecular weight is 364 g/mol. The molecule has 2 rings (SSSR count). The number of carbonyl (C=O) groups is 1. The minimum atomic E-state index is -0.158. The summed E-state index contributed by atoms with van der Waals surface area (Å²) in [5.74, 6) is 0.527. The molecule has 0 aliphatic carbocycles. The molecule has 0 saturated carbocycles. The van der Waals surface area contributed by atoms with Crippen LogP contribution in [0.4, 0.5) is 5.69 Å². The van der Waals surface area contributed by atoms with Crippen LogP contribution in [-0.2, 0) is 4.74 Å². The van der Waals surface area contributed by atoms with Crippen molar-refractivity contribution in [2.75, 3.05) is 25.6 Å². The van der Waals surface area contributed by atoms with E-state index in [0.29, 0.717) is 24.5 Å². The fourth-order valence-corrected chi connectivity index (χ4v) is 2.41. The van der Waals surface area contributed by atoms with E-state index in [2.05, 4.69) is 21.2 Å². The molecule has 2 aromatic rings. The van der Waals surface area contributed by atoms with Gasteiger partial charge in [0.05, 0.1) is 11.1 Å². The maximum atomic E-state index is 12.3. The largest absolute Gasteiger partial charge is 0.490 e. The van der Waals surface area contributed by atoms with E-state index in [1.165, 1.54) is 0 Å². The number of amides is 1. The van der Waals surface area contributed by atoms with Crippen LogP contribution >= 0.6 is 15.9 Å². The molecule has 0 bridgehead atoms. The van der Waals surface area contributed by atoms with E-state index in [4.69, 9.17) is 9.47 Å². The number of hydrogen-bond acceptors (Lipinski definition) is 3. The standard InChI is InChI=1S/C17H18BrNO3/c1-12-4-3-5-14(10-12)19-17(20)13-6-7-16(15(18)11-13)22-9-8-21-2/h3-7,10-11H,8-9H2,1-2H3,(H,19,20). The molecule has 4 nitrogen and oxygen atoms in total. The van der Waals surface area contributed by atoms with Gasteiger partial charge in [0.25, 0.3) is 5.91 Å². The van der Waals surface area contributed by atoms with Crippen LogP contribution in [0.5, 0.6) is 5.75 Å². The smallest absolute Gasteiger partial charge is 0.255 e. The summed E-state index contributed by atoms with van der Waals surface area (Å²) in [5.41, 5.74) is 2.44. The summed E-state index contributed by atoms with van der Waals surface area (Å²) in [6, 6.07) is 12.9. The van der Waals surface area contributed by atoms with Crippen molar-refractivity contribution in [1.82, 2.24) is 0 Å². The molecule has 0 radical (unpaired) electrons. The van der Waals surface area contributed by atoms with Crippen LogP contribution in [-0.4, -0.2) is 26.2 Å². The second-order valence-corrected chi connectivity index (χ2v) is 5.66. The van der Waals surface area contributed by atoms with Crippen LogP contribution in [0.25, 0.3) is 0 Å². The van der Waals surface area contributed by atoms with Gasteiger partial charge in [-0.3, -0.25) is 4.79 Å². The van der Waals surface area contributed by atoms with Crippen molar-refractivity contribution in [2.24, 2.45) is 0 Å². The molecule has 0 spiro atoms. The lowest BCUT2D eigenvalue weighted by Gasteiger charge is -2.10. The Bertz CT molecular complexity index is 658. The van der Waals surface area contributed by atoms with Gasteiger partial charge in [-0.25, -0.2) is 0 Å². The molecule has 0 unspecified atom stereocenters. The molecule has 22 heavy (non-hydrogen) atoms. The van der Waals surface area contributed by atoms with E-state index in [9.17, 15) is 4.79 Å². The Hall–Kier alpha value is -1.85. The molecule has 2 aromatic carbocycles. The van der Waals surface area contributed by atoms with Gasteiger partial charge in [0, 0.05) is 18.4 Å². The third-order valence-electron chi connectivity index (χ3n) is 3.02. The van der Waals surface area contributed by atoms with Gasteiger partial charge in [-0.1, -0.05) is 12.1 Å². The number of methoxy groups -OCH3 is 1. The van der Waals surface area contributed by atoms with Gasteiger partial charge in [-0.05, 0) is 58.7 Å². The zero-order valence-corrected chi connectivity index (χ0v) is 14.1. The number of benzene rings is 2. The van der Waals surface area contributed by atoms with E-state index >= 15 is 0 Å². The highest BCUT2D eigenvalue weighted by Crippen LogP contribution is 2.26. The molecule has 1 N–H and O–H groups in total. The fraction of sp³-hybridized carbons (Fsp3) is 0.235. The van der Waals surface area contributed by atoms with E-state index in [1.807, 2.05) is 31.2 Å². The maximum Gasteiger partial charge on any atom is 0.255 e. The summed E-state index contributed by atoms with van der Waals surface area (Å²) in [6.07, 6.45) is 0. The first-order valence-corrected chi connectivity index (χ1v) is 7.69. The average Bonchev–Trinajstić information content (AvgIpc) is 2.49. The second-order valence-electron chi connectivity index (χ2n) is 4.81. The van der Waals surface area contributed by atoms with E-state index in [-0.39, 0.29) is 5.91 Å². The van der Waals surface area contributed by atoms with Crippen molar-refractivity contribution in [2.45, 2.75) is 6.92 Å². The van der Waals surface area contributed by atoms with Gasteiger partial charge < -0.3 is 14.8 Å². The highest BCUT2D eigenvalue weighted by molar-refractivity contribution is 9.10. The summed E-state index contributed by atoms with van der Waals surface area (Å²) < 4.78 is 11.2. The predicted molar refractivity (Wildman–Crippen MR) is 90.6 cm³/mol. The van der Waals surface area contributed by atoms with E-state index in [1.54, 1.807) is 25.3 Å². The van der Waals surface area contributed by atoms with Gasteiger partial charge in [0.1, 0.15) is 12.4 Å². The first kappa shape index (κ1) is 16.5.